The fourth-order valence-electron chi connectivity index (χ4n) is 1.32. The number of nitrogens with zero attached hydrogens (tertiary/aromatic N) is 3. The first-order chi connectivity index (χ1) is 7.20. The Kier molecular flexibility index (Phi) is 2.60. The predicted octanol–water partition coefficient (Wildman–Crippen LogP) is 2.20. The summed E-state index contributed by atoms with van der Waals surface area (Å²) in [4.78, 5) is 4.19. The van der Waals surface area contributed by atoms with Crippen molar-refractivity contribution in [2.75, 3.05) is 5.73 Å². The van der Waals surface area contributed by atoms with Gasteiger partial charge in [-0.25, -0.2) is 0 Å². The molecule has 2 N–H and O–H groups in total. The van der Waals surface area contributed by atoms with E-state index >= 15 is 0 Å². The van der Waals surface area contributed by atoms with Crippen LogP contribution in [0.15, 0.2) is 24.7 Å². The molecule has 15 heavy (non-hydrogen) atoms. The van der Waals surface area contributed by atoms with Gasteiger partial charge in [-0.15, -0.1) is 0 Å². The minimum atomic E-state index is 0.547. The first-order valence-corrected chi connectivity index (χ1v) is 5.02. The third-order valence-corrected chi connectivity index (χ3v) is 2.38. The Morgan fingerprint density at radius 1 is 1.47 bits per heavy atom. The molecule has 0 aliphatic rings. The van der Waals surface area contributed by atoms with Crippen LogP contribution in [0.2, 0.25) is 5.02 Å². The maximum Gasteiger partial charge on any atom is 0.0921 e. The molecule has 0 spiro atoms. The summed E-state index contributed by atoms with van der Waals surface area (Å²) < 4.78 is 1.82. The van der Waals surface area contributed by atoms with Gasteiger partial charge in [-0.2, -0.15) is 5.10 Å². The number of aryl methyl sites for hydroxylation is 1. The van der Waals surface area contributed by atoms with Crippen molar-refractivity contribution < 1.29 is 0 Å². The molecule has 4 nitrogen and oxygen atoms in total. The highest BCUT2D eigenvalue weighted by atomic mass is 35.5. The molecule has 2 aromatic rings. The highest BCUT2D eigenvalue weighted by Crippen LogP contribution is 2.26. The molecule has 78 valence electrons. The molecule has 0 saturated carbocycles. The van der Waals surface area contributed by atoms with Gasteiger partial charge < -0.3 is 5.73 Å². The van der Waals surface area contributed by atoms with Gasteiger partial charge in [-0.3, -0.25) is 9.67 Å². The van der Waals surface area contributed by atoms with E-state index in [0.29, 0.717) is 16.4 Å². The summed E-state index contributed by atoms with van der Waals surface area (Å²) >= 11 is 6.04. The second kappa shape index (κ2) is 3.90. The van der Waals surface area contributed by atoms with Crippen LogP contribution in [0.1, 0.15) is 6.92 Å². The normalized spacial score (nSPS) is 10.5. The summed E-state index contributed by atoms with van der Waals surface area (Å²) in [6.45, 7) is 2.85. The number of aromatic nitrogens is 3. The average molecular weight is 223 g/mol. The number of anilines is 1. The van der Waals surface area contributed by atoms with E-state index in [1.807, 2.05) is 17.8 Å². The van der Waals surface area contributed by atoms with Gasteiger partial charge in [0.1, 0.15) is 0 Å². The zero-order chi connectivity index (χ0) is 10.8. The molecule has 0 aliphatic heterocycles. The van der Waals surface area contributed by atoms with Gasteiger partial charge in [-0.05, 0) is 13.0 Å². The summed E-state index contributed by atoms with van der Waals surface area (Å²) in [7, 11) is 0. The number of nitrogens with two attached hydrogens (primary N) is 1. The lowest BCUT2D eigenvalue weighted by Crippen LogP contribution is -1.92. The van der Waals surface area contributed by atoms with Crippen LogP contribution >= 0.6 is 11.6 Å². The Morgan fingerprint density at radius 2 is 2.27 bits per heavy atom. The van der Waals surface area contributed by atoms with Crippen molar-refractivity contribution in [3.63, 3.8) is 0 Å². The lowest BCUT2D eigenvalue weighted by Gasteiger charge is -2.00. The number of nitrogen functional groups attached to an aromatic ring is 1. The molecular weight excluding hydrogens is 212 g/mol. The van der Waals surface area contributed by atoms with Crippen molar-refractivity contribution in [1.82, 2.24) is 14.8 Å². The maximum absolute atomic E-state index is 6.04. The van der Waals surface area contributed by atoms with Crippen molar-refractivity contribution in [2.45, 2.75) is 13.5 Å². The molecule has 0 bridgehead atoms. The zero-order valence-corrected chi connectivity index (χ0v) is 9.07. The fraction of sp³-hybridized carbons (Fsp3) is 0.200. The molecule has 0 aromatic carbocycles. The SMILES string of the molecule is CCn1cc(-c2ncc(N)cc2Cl)cn1. The van der Waals surface area contributed by atoms with Gasteiger partial charge in [0.2, 0.25) is 0 Å². The lowest BCUT2D eigenvalue weighted by molar-refractivity contribution is 0.660. The molecule has 0 amide bonds. The van der Waals surface area contributed by atoms with Crippen LogP contribution in [0.3, 0.4) is 0 Å². The van der Waals surface area contributed by atoms with Crippen LogP contribution in [0.4, 0.5) is 5.69 Å². The zero-order valence-electron chi connectivity index (χ0n) is 8.31. The molecule has 2 aromatic heterocycles. The molecule has 5 heteroatoms. The Balaban J connectivity index is 2.44. The van der Waals surface area contributed by atoms with Crippen molar-refractivity contribution in [2.24, 2.45) is 0 Å². The van der Waals surface area contributed by atoms with E-state index < -0.39 is 0 Å². The lowest BCUT2D eigenvalue weighted by atomic mass is 10.2. The van der Waals surface area contributed by atoms with Gasteiger partial charge in [0, 0.05) is 18.3 Å². The summed E-state index contributed by atoms with van der Waals surface area (Å²) in [5.74, 6) is 0. The van der Waals surface area contributed by atoms with E-state index in [1.165, 1.54) is 0 Å². The molecule has 0 fully saturated rings. The molecule has 2 rings (SSSR count). The quantitative estimate of drug-likeness (QED) is 0.848. The standard InChI is InChI=1S/C10H11ClN4/c1-2-15-6-7(4-14-15)10-9(11)3-8(12)5-13-10/h3-6H,2,12H2,1H3. The first-order valence-electron chi connectivity index (χ1n) is 4.64. The Hall–Kier alpha value is -1.55. The molecule has 0 saturated heterocycles. The molecule has 0 radical (unpaired) electrons. The molecule has 2 heterocycles. The van der Waals surface area contributed by atoms with E-state index in [1.54, 1.807) is 18.5 Å². The Bertz CT molecular complexity index is 478. The van der Waals surface area contributed by atoms with Crippen molar-refractivity contribution in [1.29, 1.82) is 0 Å². The van der Waals surface area contributed by atoms with Crippen LogP contribution in [-0.2, 0) is 6.54 Å². The summed E-state index contributed by atoms with van der Waals surface area (Å²) in [5, 5.41) is 4.71. The second-order valence-electron chi connectivity index (χ2n) is 3.18. The number of pyridine rings is 1. The van der Waals surface area contributed by atoms with E-state index in [9.17, 15) is 0 Å². The topological polar surface area (TPSA) is 56.7 Å². The Labute approximate surface area is 92.7 Å². The van der Waals surface area contributed by atoms with Crippen molar-refractivity contribution in [3.05, 3.63) is 29.7 Å². The number of rotatable bonds is 2. The minimum Gasteiger partial charge on any atom is -0.397 e. The predicted molar refractivity (Wildman–Crippen MR) is 60.6 cm³/mol. The highest BCUT2D eigenvalue weighted by molar-refractivity contribution is 6.33. The minimum absolute atomic E-state index is 0.547. The van der Waals surface area contributed by atoms with E-state index in [-0.39, 0.29) is 0 Å². The van der Waals surface area contributed by atoms with Crippen LogP contribution in [0.5, 0.6) is 0 Å². The van der Waals surface area contributed by atoms with Gasteiger partial charge >= 0.3 is 0 Å². The number of halogens is 1. The van der Waals surface area contributed by atoms with Crippen molar-refractivity contribution in [3.8, 4) is 11.3 Å². The van der Waals surface area contributed by atoms with Crippen LogP contribution in [-0.4, -0.2) is 14.8 Å². The van der Waals surface area contributed by atoms with Gasteiger partial charge in [0.25, 0.3) is 0 Å². The third kappa shape index (κ3) is 1.94. The molecule has 0 atom stereocenters. The molecular formula is C10H11ClN4. The average Bonchev–Trinajstić information content (AvgIpc) is 2.66. The monoisotopic (exact) mass is 222 g/mol. The molecule has 0 unspecified atom stereocenters. The third-order valence-electron chi connectivity index (χ3n) is 2.09. The van der Waals surface area contributed by atoms with Crippen molar-refractivity contribution >= 4 is 17.3 Å². The van der Waals surface area contributed by atoms with Crippen LogP contribution in [0, 0.1) is 0 Å². The Morgan fingerprint density at radius 3 is 2.87 bits per heavy atom. The summed E-state index contributed by atoms with van der Waals surface area (Å²) in [6, 6.07) is 1.69. The van der Waals surface area contributed by atoms with E-state index in [4.69, 9.17) is 17.3 Å². The number of hydrogen-bond acceptors (Lipinski definition) is 3. The second-order valence-corrected chi connectivity index (χ2v) is 3.59. The summed E-state index contributed by atoms with van der Waals surface area (Å²) in [5.41, 5.74) is 7.75. The largest absolute Gasteiger partial charge is 0.397 e. The molecule has 0 aliphatic carbocycles. The van der Waals surface area contributed by atoms with E-state index in [2.05, 4.69) is 10.1 Å². The van der Waals surface area contributed by atoms with Gasteiger partial charge in [0.05, 0.1) is 28.8 Å². The first kappa shape index (κ1) is 9.98. The maximum atomic E-state index is 6.04. The van der Waals surface area contributed by atoms with Gasteiger partial charge in [-0.1, -0.05) is 11.6 Å². The van der Waals surface area contributed by atoms with Crippen LogP contribution < -0.4 is 5.73 Å². The summed E-state index contributed by atoms with van der Waals surface area (Å²) in [6.07, 6.45) is 5.24. The number of hydrogen-bond donors (Lipinski definition) is 1. The highest BCUT2D eigenvalue weighted by Gasteiger charge is 2.07. The fourth-order valence-corrected chi connectivity index (χ4v) is 1.61. The van der Waals surface area contributed by atoms with Crippen LogP contribution in [0.25, 0.3) is 11.3 Å². The van der Waals surface area contributed by atoms with E-state index in [0.717, 1.165) is 12.1 Å². The smallest absolute Gasteiger partial charge is 0.0921 e. The van der Waals surface area contributed by atoms with Gasteiger partial charge in [0.15, 0.2) is 0 Å².